The van der Waals surface area contributed by atoms with Crippen molar-refractivity contribution in [1.82, 2.24) is 5.32 Å². The predicted molar refractivity (Wildman–Crippen MR) is 42.3 cm³/mol. The predicted octanol–water partition coefficient (Wildman–Crippen LogP) is 1.67. The van der Waals surface area contributed by atoms with Crippen molar-refractivity contribution < 1.29 is 8.78 Å². The van der Waals surface area contributed by atoms with Crippen molar-refractivity contribution in [3.63, 3.8) is 0 Å². The number of halogens is 2. The summed E-state index contributed by atoms with van der Waals surface area (Å²) in [7, 11) is 0. The third-order valence-corrected chi connectivity index (χ3v) is 1.15. The molecule has 4 heteroatoms. The first kappa shape index (κ1) is 10.3. The van der Waals surface area contributed by atoms with Crippen LogP contribution in [0, 0.1) is 0 Å². The van der Waals surface area contributed by atoms with Crippen LogP contribution in [0.3, 0.4) is 0 Å². The van der Waals surface area contributed by atoms with Crippen LogP contribution in [0.15, 0.2) is 4.99 Å². The molecule has 1 heterocycles. The Balaban J connectivity index is 0.000000461. The molecule has 0 amide bonds. The SMILES string of the molecule is CC.CC1=NCC(F)(F)CN1. The van der Waals surface area contributed by atoms with Gasteiger partial charge in [0.2, 0.25) is 0 Å². The molecule has 0 aromatic carbocycles. The molecule has 0 fully saturated rings. The van der Waals surface area contributed by atoms with Gasteiger partial charge < -0.3 is 5.32 Å². The van der Waals surface area contributed by atoms with Gasteiger partial charge in [0.05, 0.1) is 12.4 Å². The molecule has 0 unspecified atom stereocenters. The van der Waals surface area contributed by atoms with E-state index in [1.807, 2.05) is 13.8 Å². The molecule has 0 aromatic rings. The van der Waals surface area contributed by atoms with Gasteiger partial charge in [-0.15, -0.1) is 0 Å². The number of nitrogens with one attached hydrogen (secondary N) is 1. The second kappa shape index (κ2) is 4.26. The van der Waals surface area contributed by atoms with E-state index >= 15 is 0 Å². The lowest BCUT2D eigenvalue weighted by molar-refractivity contribution is 0.0125. The van der Waals surface area contributed by atoms with Crippen LogP contribution in [0.4, 0.5) is 8.78 Å². The van der Waals surface area contributed by atoms with E-state index in [0.29, 0.717) is 5.84 Å². The first-order valence-corrected chi connectivity index (χ1v) is 3.73. The lowest BCUT2D eigenvalue weighted by Crippen LogP contribution is -2.42. The summed E-state index contributed by atoms with van der Waals surface area (Å²) in [5.41, 5.74) is 0. The Kier molecular flexibility index (Phi) is 4.00. The number of aliphatic imine (C=N–C) groups is 1. The topological polar surface area (TPSA) is 24.4 Å². The van der Waals surface area contributed by atoms with Gasteiger partial charge in [-0.2, -0.15) is 0 Å². The van der Waals surface area contributed by atoms with E-state index in [-0.39, 0.29) is 13.1 Å². The Bertz CT molecular complexity index is 143. The van der Waals surface area contributed by atoms with Crippen LogP contribution in [0.1, 0.15) is 20.8 Å². The van der Waals surface area contributed by atoms with Crippen molar-refractivity contribution in [1.29, 1.82) is 0 Å². The number of nitrogens with zero attached hydrogens (tertiary/aromatic N) is 1. The molecule has 11 heavy (non-hydrogen) atoms. The summed E-state index contributed by atoms with van der Waals surface area (Å²) in [6.07, 6.45) is 0. The maximum Gasteiger partial charge on any atom is 0.284 e. The summed E-state index contributed by atoms with van der Waals surface area (Å²) in [4.78, 5) is 3.54. The molecule has 1 rings (SSSR count). The van der Waals surface area contributed by atoms with Gasteiger partial charge >= 0.3 is 0 Å². The van der Waals surface area contributed by atoms with Crippen molar-refractivity contribution in [3.8, 4) is 0 Å². The second-order valence-corrected chi connectivity index (χ2v) is 2.11. The molecule has 0 atom stereocenters. The second-order valence-electron chi connectivity index (χ2n) is 2.11. The summed E-state index contributed by atoms with van der Waals surface area (Å²) < 4.78 is 24.4. The number of hydrogen-bond donors (Lipinski definition) is 1. The van der Waals surface area contributed by atoms with Gasteiger partial charge in [0.1, 0.15) is 6.54 Å². The fourth-order valence-corrected chi connectivity index (χ4v) is 0.603. The van der Waals surface area contributed by atoms with Gasteiger partial charge in [0.15, 0.2) is 0 Å². The first-order chi connectivity index (χ1) is 5.10. The van der Waals surface area contributed by atoms with Crippen molar-refractivity contribution in [2.24, 2.45) is 4.99 Å². The fraction of sp³-hybridized carbons (Fsp3) is 0.857. The monoisotopic (exact) mass is 164 g/mol. The van der Waals surface area contributed by atoms with E-state index in [1.165, 1.54) is 0 Å². The third kappa shape index (κ3) is 3.91. The molecule has 1 N–H and O–H groups in total. The van der Waals surface area contributed by atoms with Crippen molar-refractivity contribution >= 4 is 5.84 Å². The van der Waals surface area contributed by atoms with Crippen LogP contribution in [0.25, 0.3) is 0 Å². The molecule has 0 spiro atoms. The van der Waals surface area contributed by atoms with E-state index in [9.17, 15) is 8.78 Å². The molecule has 2 nitrogen and oxygen atoms in total. The quantitative estimate of drug-likeness (QED) is 0.578. The minimum Gasteiger partial charge on any atom is -0.368 e. The van der Waals surface area contributed by atoms with Gasteiger partial charge in [-0.05, 0) is 6.92 Å². The Morgan fingerprint density at radius 1 is 1.45 bits per heavy atom. The molecule has 0 saturated heterocycles. The summed E-state index contributed by atoms with van der Waals surface area (Å²) in [6.45, 7) is 5.03. The number of alkyl halides is 2. The lowest BCUT2D eigenvalue weighted by atomic mass is 10.3. The Hall–Kier alpha value is -0.670. The molecule has 0 radical (unpaired) electrons. The minimum atomic E-state index is -2.64. The fourth-order valence-electron chi connectivity index (χ4n) is 0.603. The standard InChI is InChI=1S/C5H8F2N2.C2H6/c1-4-8-2-5(6,7)3-9-4;1-2/h2-3H2,1H3,(H,8,9);1-2H3. The summed E-state index contributed by atoms with van der Waals surface area (Å²) in [6, 6.07) is 0. The van der Waals surface area contributed by atoms with E-state index in [4.69, 9.17) is 0 Å². The molecule has 1 aliphatic rings. The zero-order valence-corrected chi connectivity index (χ0v) is 7.12. The number of amidine groups is 1. The average molecular weight is 164 g/mol. The molecule has 0 aromatic heterocycles. The van der Waals surface area contributed by atoms with Crippen LogP contribution in [-0.2, 0) is 0 Å². The van der Waals surface area contributed by atoms with E-state index in [1.54, 1.807) is 6.92 Å². The van der Waals surface area contributed by atoms with Crippen LogP contribution in [0.5, 0.6) is 0 Å². The molecular weight excluding hydrogens is 150 g/mol. The highest BCUT2D eigenvalue weighted by atomic mass is 19.3. The van der Waals surface area contributed by atoms with Gasteiger partial charge in [0.25, 0.3) is 5.92 Å². The number of rotatable bonds is 0. The van der Waals surface area contributed by atoms with Crippen LogP contribution in [-0.4, -0.2) is 24.8 Å². The Morgan fingerprint density at radius 2 is 2.00 bits per heavy atom. The normalized spacial score (nSPS) is 20.6. The van der Waals surface area contributed by atoms with Crippen molar-refractivity contribution in [2.75, 3.05) is 13.1 Å². The van der Waals surface area contributed by atoms with E-state index in [2.05, 4.69) is 10.3 Å². The zero-order chi connectivity index (χ0) is 8.91. The maximum atomic E-state index is 12.2. The first-order valence-electron chi connectivity index (χ1n) is 3.73. The Labute approximate surface area is 65.7 Å². The minimum absolute atomic E-state index is 0.275. The number of hydrogen-bond acceptors (Lipinski definition) is 2. The maximum absolute atomic E-state index is 12.2. The molecule has 1 aliphatic heterocycles. The molecule has 0 aliphatic carbocycles. The highest BCUT2D eigenvalue weighted by Crippen LogP contribution is 2.14. The molecule has 0 bridgehead atoms. The van der Waals surface area contributed by atoms with Gasteiger partial charge in [0, 0.05) is 0 Å². The van der Waals surface area contributed by atoms with Crippen LogP contribution < -0.4 is 5.32 Å². The average Bonchev–Trinajstić information content (AvgIpc) is 2.00. The van der Waals surface area contributed by atoms with Crippen LogP contribution in [0.2, 0.25) is 0 Å². The van der Waals surface area contributed by atoms with Gasteiger partial charge in [-0.25, -0.2) is 8.78 Å². The molecular formula is C7H14F2N2. The molecule has 0 saturated carbocycles. The van der Waals surface area contributed by atoms with Crippen molar-refractivity contribution in [2.45, 2.75) is 26.7 Å². The third-order valence-electron chi connectivity index (χ3n) is 1.15. The van der Waals surface area contributed by atoms with Crippen molar-refractivity contribution in [3.05, 3.63) is 0 Å². The largest absolute Gasteiger partial charge is 0.368 e. The van der Waals surface area contributed by atoms with E-state index in [0.717, 1.165) is 0 Å². The summed E-state index contributed by atoms with van der Waals surface area (Å²) in [5.74, 6) is -2.04. The lowest BCUT2D eigenvalue weighted by Gasteiger charge is -2.20. The van der Waals surface area contributed by atoms with Gasteiger partial charge in [-0.3, -0.25) is 4.99 Å². The van der Waals surface area contributed by atoms with Gasteiger partial charge in [-0.1, -0.05) is 13.8 Å². The molecule has 66 valence electrons. The summed E-state index contributed by atoms with van der Waals surface area (Å²) >= 11 is 0. The smallest absolute Gasteiger partial charge is 0.284 e. The Morgan fingerprint density at radius 3 is 2.27 bits per heavy atom. The van der Waals surface area contributed by atoms with Crippen LogP contribution >= 0.6 is 0 Å². The highest BCUT2D eigenvalue weighted by Gasteiger charge is 2.30. The van der Waals surface area contributed by atoms with E-state index < -0.39 is 5.92 Å². The summed E-state index contributed by atoms with van der Waals surface area (Å²) in [5, 5.41) is 2.47. The zero-order valence-electron chi connectivity index (χ0n) is 7.12. The highest BCUT2D eigenvalue weighted by molar-refractivity contribution is 5.80.